The first-order valence-electron chi connectivity index (χ1n) is 6.58. The monoisotopic (exact) mass is 256 g/mol. The van der Waals surface area contributed by atoms with E-state index in [1.807, 2.05) is 18.2 Å². The third kappa shape index (κ3) is 5.12. The smallest absolute Gasteiger partial charge is 0.115 e. The Bertz CT molecular complexity index is 468. The third-order valence-corrected chi connectivity index (χ3v) is 2.92. The second kappa shape index (κ2) is 7.56. The van der Waals surface area contributed by atoms with Crippen molar-refractivity contribution in [3.05, 3.63) is 65.7 Å². The molecule has 0 atom stereocenters. The molecule has 0 aliphatic carbocycles. The van der Waals surface area contributed by atoms with E-state index in [1.165, 1.54) is 11.1 Å². The highest BCUT2D eigenvalue weighted by molar-refractivity contribution is 5.25. The highest BCUT2D eigenvalue weighted by atomic mass is 16.3. The Morgan fingerprint density at radius 1 is 0.684 bits per heavy atom. The highest BCUT2D eigenvalue weighted by Gasteiger charge is 1.94. The van der Waals surface area contributed by atoms with Crippen molar-refractivity contribution in [2.45, 2.75) is 13.1 Å². The van der Waals surface area contributed by atoms with Gasteiger partial charge in [0.15, 0.2) is 0 Å². The Morgan fingerprint density at radius 2 is 1.21 bits per heavy atom. The number of rotatable bonds is 7. The van der Waals surface area contributed by atoms with E-state index in [1.54, 1.807) is 12.1 Å². The predicted molar refractivity (Wildman–Crippen MR) is 78.0 cm³/mol. The molecule has 0 radical (unpaired) electrons. The van der Waals surface area contributed by atoms with E-state index in [-0.39, 0.29) is 0 Å². The van der Waals surface area contributed by atoms with Gasteiger partial charge < -0.3 is 15.7 Å². The van der Waals surface area contributed by atoms with E-state index in [0.29, 0.717) is 5.75 Å². The molecule has 0 amide bonds. The molecule has 0 unspecified atom stereocenters. The molecule has 0 heterocycles. The molecule has 2 aromatic carbocycles. The fourth-order valence-corrected chi connectivity index (χ4v) is 1.85. The molecule has 0 spiro atoms. The van der Waals surface area contributed by atoms with Gasteiger partial charge in [-0.05, 0) is 23.3 Å². The summed E-state index contributed by atoms with van der Waals surface area (Å²) in [5.41, 5.74) is 2.49. The summed E-state index contributed by atoms with van der Waals surface area (Å²) >= 11 is 0. The lowest BCUT2D eigenvalue weighted by Crippen LogP contribution is -2.26. The van der Waals surface area contributed by atoms with Gasteiger partial charge in [-0.3, -0.25) is 0 Å². The van der Waals surface area contributed by atoms with Crippen molar-refractivity contribution >= 4 is 0 Å². The summed E-state index contributed by atoms with van der Waals surface area (Å²) in [5, 5.41) is 15.9. The summed E-state index contributed by atoms with van der Waals surface area (Å²) in [6, 6.07) is 17.7. The number of hydrogen-bond acceptors (Lipinski definition) is 3. The van der Waals surface area contributed by atoms with E-state index in [0.717, 1.165) is 26.2 Å². The Balaban J connectivity index is 1.56. The van der Waals surface area contributed by atoms with Gasteiger partial charge in [0.2, 0.25) is 0 Å². The zero-order valence-corrected chi connectivity index (χ0v) is 11.0. The quantitative estimate of drug-likeness (QED) is 0.666. The van der Waals surface area contributed by atoms with Gasteiger partial charge in [-0.25, -0.2) is 0 Å². The van der Waals surface area contributed by atoms with Gasteiger partial charge in [-0.1, -0.05) is 42.5 Å². The van der Waals surface area contributed by atoms with Crippen LogP contribution in [0.4, 0.5) is 0 Å². The average Bonchev–Trinajstić information content (AvgIpc) is 2.46. The Labute approximate surface area is 114 Å². The molecular weight excluding hydrogens is 236 g/mol. The maximum Gasteiger partial charge on any atom is 0.115 e. The number of phenolic OH excluding ortho intramolecular Hbond substituents is 1. The van der Waals surface area contributed by atoms with Crippen molar-refractivity contribution < 1.29 is 5.11 Å². The van der Waals surface area contributed by atoms with Crippen LogP contribution in [-0.4, -0.2) is 18.2 Å². The molecule has 100 valence electrons. The minimum absolute atomic E-state index is 0.313. The lowest BCUT2D eigenvalue weighted by Gasteiger charge is -2.07. The fourth-order valence-electron chi connectivity index (χ4n) is 1.85. The Hall–Kier alpha value is -1.84. The fraction of sp³-hybridized carbons (Fsp3) is 0.250. The van der Waals surface area contributed by atoms with E-state index in [2.05, 4.69) is 34.9 Å². The van der Waals surface area contributed by atoms with Crippen LogP contribution in [0, 0.1) is 0 Å². The lowest BCUT2D eigenvalue weighted by atomic mass is 10.2. The first-order valence-corrected chi connectivity index (χ1v) is 6.58. The van der Waals surface area contributed by atoms with E-state index in [9.17, 15) is 5.11 Å². The second-order valence-electron chi connectivity index (χ2n) is 4.51. The van der Waals surface area contributed by atoms with Crippen LogP contribution in [0.25, 0.3) is 0 Å². The summed E-state index contributed by atoms with van der Waals surface area (Å²) in [5.74, 6) is 0.313. The van der Waals surface area contributed by atoms with E-state index >= 15 is 0 Å². The Morgan fingerprint density at radius 3 is 1.79 bits per heavy atom. The van der Waals surface area contributed by atoms with Crippen LogP contribution in [0.2, 0.25) is 0 Å². The number of phenols is 1. The number of benzene rings is 2. The lowest BCUT2D eigenvalue weighted by molar-refractivity contribution is 0.475. The summed E-state index contributed by atoms with van der Waals surface area (Å²) in [6.07, 6.45) is 0. The molecule has 0 saturated carbocycles. The summed E-state index contributed by atoms with van der Waals surface area (Å²) in [4.78, 5) is 0. The molecule has 0 aromatic heterocycles. The normalized spacial score (nSPS) is 10.5. The summed E-state index contributed by atoms with van der Waals surface area (Å²) < 4.78 is 0. The SMILES string of the molecule is Oc1ccc(CNCCNCc2ccccc2)cc1. The molecule has 3 heteroatoms. The van der Waals surface area contributed by atoms with E-state index < -0.39 is 0 Å². The average molecular weight is 256 g/mol. The van der Waals surface area contributed by atoms with Gasteiger partial charge >= 0.3 is 0 Å². The topological polar surface area (TPSA) is 44.3 Å². The Kier molecular flexibility index (Phi) is 5.41. The standard InChI is InChI=1S/C16H20N2O/c19-16-8-6-15(7-9-16)13-18-11-10-17-12-14-4-2-1-3-5-14/h1-9,17-19H,10-13H2. The molecule has 2 rings (SSSR count). The molecule has 0 bridgehead atoms. The molecule has 19 heavy (non-hydrogen) atoms. The zero-order valence-electron chi connectivity index (χ0n) is 11.0. The first-order chi connectivity index (χ1) is 9.34. The van der Waals surface area contributed by atoms with Gasteiger partial charge in [0.25, 0.3) is 0 Å². The van der Waals surface area contributed by atoms with Gasteiger partial charge in [-0.15, -0.1) is 0 Å². The molecule has 2 aromatic rings. The van der Waals surface area contributed by atoms with Crippen molar-refractivity contribution in [3.63, 3.8) is 0 Å². The zero-order chi connectivity index (χ0) is 13.3. The summed E-state index contributed by atoms with van der Waals surface area (Å²) in [7, 11) is 0. The molecule has 0 saturated heterocycles. The predicted octanol–water partition coefficient (Wildman–Crippen LogP) is 2.27. The second-order valence-corrected chi connectivity index (χ2v) is 4.51. The van der Waals surface area contributed by atoms with Crippen molar-refractivity contribution in [1.82, 2.24) is 10.6 Å². The maximum absolute atomic E-state index is 9.18. The largest absolute Gasteiger partial charge is 0.508 e. The third-order valence-electron chi connectivity index (χ3n) is 2.92. The first kappa shape index (κ1) is 13.6. The van der Waals surface area contributed by atoms with Crippen LogP contribution in [0.3, 0.4) is 0 Å². The number of hydrogen-bond donors (Lipinski definition) is 3. The van der Waals surface area contributed by atoms with Gasteiger partial charge in [0.05, 0.1) is 0 Å². The van der Waals surface area contributed by atoms with Crippen molar-refractivity contribution in [2.24, 2.45) is 0 Å². The number of aromatic hydroxyl groups is 1. The molecule has 3 nitrogen and oxygen atoms in total. The van der Waals surface area contributed by atoms with Crippen LogP contribution in [0.15, 0.2) is 54.6 Å². The molecule has 0 aliphatic heterocycles. The van der Waals surface area contributed by atoms with Crippen molar-refractivity contribution in [3.8, 4) is 5.75 Å². The molecule has 3 N–H and O–H groups in total. The minimum Gasteiger partial charge on any atom is -0.508 e. The van der Waals surface area contributed by atoms with Gasteiger partial charge in [-0.2, -0.15) is 0 Å². The minimum atomic E-state index is 0.313. The molecule has 0 aliphatic rings. The van der Waals surface area contributed by atoms with Crippen LogP contribution in [0.5, 0.6) is 5.75 Å². The van der Waals surface area contributed by atoms with Crippen LogP contribution >= 0.6 is 0 Å². The van der Waals surface area contributed by atoms with Crippen LogP contribution < -0.4 is 10.6 Å². The molecule has 0 fully saturated rings. The van der Waals surface area contributed by atoms with Gasteiger partial charge in [0.1, 0.15) is 5.75 Å². The van der Waals surface area contributed by atoms with E-state index in [4.69, 9.17) is 0 Å². The van der Waals surface area contributed by atoms with Crippen LogP contribution in [0.1, 0.15) is 11.1 Å². The van der Waals surface area contributed by atoms with Crippen molar-refractivity contribution in [2.75, 3.05) is 13.1 Å². The molecular formula is C16H20N2O. The van der Waals surface area contributed by atoms with Crippen LogP contribution in [-0.2, 0) is 13.1 Å². The highest BCUT2D eigenvalue weighted by Crippen LogP contribution is 2.08. The summed E-state index contributed by atoms with van der Waals surface area (Å²) in [6.45, 7) is 3.59. The van der Waals surface area contributed by atoms with Crippen molar-refractivity contribution in [1.29, 1.82) is 0 Å². The maximum atomic E-state index is 9.18. The number of nitrogens with one attached hydrogen (secondary N) is 2. The van der Waals surface area contributed by atoms with Gasteiger partial charge in [0, 0.05) is 26.2 Å².